The molecule has 2 rings (SSSR count). The summed E-state index contributed by atoms with van der Waals surface area (Å²) >= 11 is 12.3. The van der Waals surface area contributed by atoms with Crippen LogP contribution in [0, 0.1) is 0 Å². The molecule has 0 bridgehead atoms. The van der Waals surface area contributed by atoms with Gasteiger partial charge in [0, 0.05) is 17.9 Å². The summed E-state index contributed by atoms with van der Waals surface area (Å²) in [5.41, 5.74) is 2.12. The molecular weight excluding hydrogens is 279 g/mol. The van der Waals surface area contributed by atoms with Gasteiger partial charge in [-0.25, -0.2) is 0 Å². The molecule has 0 radical (unpaired) electrons. The van der Waals surface area contributed by atoms with Gasteiger partial charge in [-0.1, -0.05) is 41.4 Å². The molecule has 1 atom stereocenters. The third-order valence-electron chi connectivity index (χ3n) is 3.12. The first-order chi connectivity index (χ1) is 9.22. The van der Waals surface area contributed by atoms with E-state index in [0.29, 0.717) is 10.0 Å². The Morgan fingerprint density at radius 3 is 2.68 bits per heavy atom. The maximum Gasteiger partial charge on any atom is 0.0640 e. The van der Waals surface area contributed by atoms with Crippen LogP contribution in [0.3, 0.4) is 0 Å². The minimum Gasteiger partial charge on any atom is -0.313 e. The second-order valence-electron chi connectivity index (χ2n) is 4.34. The molecule has 1 unspecified atom stereocenters. The zero-order valence-electron chi connectivity index (χ0n) is 10.7. The summed E-state index contributed by atoms with van der Waals surface area (Å²) in [6.07, 6.45) is 3.64. The smallest absolute Gasteiger partial charge is 0.0640 e. The standard InChI is InChI=1S/C15H16Cl2N2/c1-18-14(9-8-11-5-2-3-10-19-11)12-6-4-7-13(16)15(12)17/h2-7,10,14,18H,8-9H2,1H3. The monoisotopic (exact) mass is 294 g/mol. The van der Waals surface area contributed by atoms with Crippen molar-refractivity contribution in [1.82, 2.24) is 10.3 Å². The van der Waals surface area contributed by atoms with Crippen molar-refractivity contribution in [2.24, 2.45) is 0 Å². The fourth-order valence-corrected chi connectivity index (χ4v) is 2.52. The molecular formula is C15H16Cl2N2. The zero-order valence-corrected chi connectivity index (χ0v) is 12.2. The van der Waals surface area contributed by atoms with Crippen LogP contribution >= 0.6 is 23.2 Å². The van der Waals surface area contributed by atoms with Crippen LogP contribution < -0.4 is 5.32 Å². The van der Waals surface area contributed by atoms with Crippen molar-refractivity contribution in [3.8, 4) is 0 Å². The van der Waals surface area contributed by atoms with Crippen molar-refractivity contribution in [2.75, 3.05) is 7.05 Å². The maximum absolute atomic E-state index is 6.26. The first-order valence-corrected chi connectivity index (χ1v) is 6.99. The first-order valence-electron chi connectivity index (χ1n) is 6.23. The molecule has 0 aliphatic heterocycles. The number of pyridine rings is 1. The third kappa shape index (κ3) is 3.69. The Hall–Kier alpha value is -1.09. The van der Waals surface area contributed by atoms with Gasteiger partial charge in [-0.3, -0.25) is 4.98 Å². The molecule has 1 N–H and O–H groups in total. The molecule has 0 fully saturated rings. The molecule has 1 aromatic carbocycles. The van der Waals surface area contributed by atoms with Crippen LogP contribution in [0.25, 0.3) is 0 Å². The highest BCUT2D eigenvalue weighted by atomic mass is 35.5. The van der Waals surface area contributed by atoms with Crippen molar-refractivity contribution < 1.29 is 0 Å². The molecule has 0 aliphatic carbocycles. The van der Waals surface area contributed by atoms with Crippen LogP contribution in [-0.4, -0.2) is 12.0 Å². The van der Waals surface area contributed by atoms with Gasteiger partial charge in [0.15, 0.2) is 0 Å². The number of aromatic nitrogens is 1. The molecule has 0 saturated heterocycles. The summed E-state index contributed by atoms with van der Waals surface area (Å²) in [4.78, 5) is 4.33. The average Bonchev–Trinajstić information content (AvgIpc) is 2.45. The van der Waals surface area contributed by atoms with E-state index in [0.717, 1.165) is 24.1 Å². The highest BCUT2D eigenvalue weighted by Gasteiger charge is 2.14. The van der Waals surface area contributed by atoms with Crippen LogP contribution in [0.4, 0.5) is 0 Å². The van der Waals surface area contributed by atoms with E-state index in [-0.39, 0.29) is 6.04 Å². The van der Waals surface area contributed by atoms with Crippen LogP contribution in [0.15, 0.2) is 42.6 Å². The third-order valence-corrected chi connectivity index (χ3v) is 3.95. The molecule has 0 aliphatic rings. The van der Waals surface area contributed by atoms with Gasteiger partial charge < -0.3 is 5.32 Å². The topological polar surface area (TPSA) is 24.9 Å². The lowest BCUT2D eigenvalue weighted by Gasteiger charge is -2.18. The molecule has 1 heterocycles. The minimum atomic E-state index is 0.174. The number of nitrogens with one attached hydrogen (secondary N) is 1. The summed E-state index contributed by atoms with van der Waals surface area (Å²) in [7, 11) is 1.93. The van der Waals surface area contributed by atoms with Gasteiger partial charge >= 0.3 is 0 Å². The van der Waals surface area contributed by atoms with E-state index in [4.69, 9.17) is 23.2 Å². The molecule has 100 valence electrons. The summed E-state index contributed by atoms with van der Waals surface area (Å²) in [5.74, 6) is 0. The van der Waals surface area contributed by atoms with Crippen LogP contribution in [0.5, 0.6) is 0 Å². The Morgan fingerprint density at radius 2 is 2.00 bits per heavy atom. The van der Waals surface area contributed by atoms with Gasteiger partial charge in [0.25, 0.3) is 0 Å². The number of halogens is 2. The Morgan fingerprint density at radius 1 is 1.16 bits per heavy atom. The van der Waals surface area contributed by atoms with Crippen LogP contribution in [0.2, 0.25) is 10.0 Å². The predicted molar refractivity (Wildman–Crippen MR) is 80.8 cm³/mol. The lowest BCUT2D eigenvalue weighted by atomic mass is 10.0. The Bertz CT molecular complexity index is 529. The van der Waals surface area contributed by atoms with Crippen LogP contribution in [-0.2, 0) is 6.42 Å². The average molecular weight is 295 g/mol. The molecule has 4 heteroatoms. The normalized spacial score (nSPS) is 12.4. The fraction of sp³-hybridized carbons (Fsp3) is 0.267. The molecule has 2 aromatic rings. The van der Waals surface area contributed by atoms with Gasteiger partial charge in [-0.2, -0.15) is 0 Å². The first kappa shape index (κ1) is 14.3. The van der Waals surface area contributed by atoms with E-state index < -0.39 is 0 Å². The van der Waals surface area contributed by atoms with E-state index in [2.05, 4.69) is 10.3 Å². The molecule has 19 heavy (non-hydrogen) atoms. The van der Waals surface area contributed by atoms with E-state index in [9.17, 15) is 0 Å². The summed E-state index contributed by atoms with van der Waals surface area (Å²) in [6, 6.07) is 11.9. The second kappa shape index (κ2) is 6.90. The molecule has 0 spiro atoms. The Labute approximate surface area is 123 Å². The van der Waals surface area contributed by atoms with Crippen molar-refractivity contribution in [3.05, 3.63) is 63.9 Å². The van der Waals surface area contributed by atoms with Crippen molar-refractivity contribution in [1.29, 1.82) is 0 Å². The van der Waals surface area contributed by atoms with Crippen molar-refractivity contribution in [3.63, 3.8) is 0 Å². The number of hydrogen-bond donors (Lipinski definition) is 1. The van der Waals surface area contributed by atoms with Crippen molar-refractivity contribution >= 4 is 23.2 Å². The number of rotatable bonds is 5. The highest BCUT2D eigenvalue weighted by Crippen LogP contribution is 2.31. The van der Waals surface area contributed by atoms with E-state index in [1.165, 1.54) is 0 Å². The zero-order chi connectivity index (χ0) is 13.7. The summed E-state index contributed by atoms with van der Waals surface area (Å²) in [6.45, 7) is 0. The van der Waals surface area contributed by atoms with E-state index >= 15 is 0 Å². The number of nitrogens with zero attached hydrogens (tertiary/aromatic N) is 1. The van der Waals surface area contributed by atoms with Gasteiger partial charge in [0.1, 0.15) is 0 Å². The number of hydrogen-bond acceptors (Lipinski definition) is 2. The minimum absolute atomic E-state index is 0.174. The summed E-state index contributed by atoms with van der Waals surface area (Å²) < 4.78 is 0. The van der Waals surface area contributed by atoms with E-state index in [1.807, 2.05) is 43.6 Å². The predicted octanol–water partition coefficient (Wildman–Crippen LogP) is 4.28. The molecule has 2 nitrogen and oxygen atoms in total. The van der Waals surface area contributed by atoms with Gasteiger partial charge in [0.05, 0.1) is 10.0 Å². The van der Waals surface area contributed by atoms with Gasteiger partial charge in [-0.15, -0.1) is 0 Å². The molecule has 1 aromatic heterocycles. The summed E-state index contributed by atoms with van der Waals surface area (Å²) in [5, 5.41) is 4.51. The van der Waals surface area contributed by atoms with Crippen LogP contribution in [0.1, 0.15) is 23.7 Å². The second-order valence-corrected chi connectivity index (χ2v) is 5.13. The Balaban J connectivity index is 2.10. The highest BCUT2D eigenvalue weighted by molar-refractivity contribution is 6.42. The molecule has 0 amide bonds. The lowest BCUT2D eigenvalue weighted by Crippen LogP contribution is -2.17. The number of benzene rings is 1. The quantitative estimate of drug-likeness (QED) is 0.890. The van der Waals surface area contributed by atoms with E-state index in [1.54, 1.807) is 6.07 Å². The van der Waals surface area contributed by atoms with Crippen molar-refractivity contribution in [2.45, 2.75) is 18.9 Å². The molecule has 0 saturated carbocycles. The fourth-order valence-electron chi connectivity index (χ4n) is 2.08. The largest absolute Gasteiger partial charge is 0.313 e. The van der Waals surface area contributed by atoms with Gasteiger partial charge in [0.2, 0.25) is 0 Å². The number of aryl methyl sites for hydroxylation is 1. The van der Waals surface area contributed by atoms with Gasteiger partial charge in [-0.05, 0) is 43.7 Å². The maximum atomic E-state index is 6.26. The lowest BCUT2D eigenvalue weighted by molar-refractivity contribution is 0.546. The SMILES string of the molecule is CNC(CCc1ccccn1)c1cccc(Cl)c1Cl. The Kier molecular flexibility index (Phi) is 5.20.